The van der Waals surface area contributed by atoms with Crippen LogP contribution in [0.15, 0.2) is 26.9 Å². The fourth-order valence-electron chi connectivity index (χ4n) is 1.71. The summed E-state index contributed by atoms with van der Waals surface area (Å²) in [5, 5.41) is 21.6. The number of carbonyl (C=O) groups excluding carboxylic acids is 1. The second kappa shape index (κ2) is 8.27. The van der Waals surface area contributed by atoms with E-state index in [1.165, 1.54) is 29.2 Å². The summed E-state index contributed by atoms with van der Waals surface area (Å²) in [6, 6.07) is 4.68. The molecule has 0 saturated heterocycles. The number of nitrogens with one attached hydrogen (secondary N) is 1. The smallest absolute Gasteiger partial charge is 0.293 e. The summed E-state index contributed by atoms with van der Waals surface area (Å²) in [5.41, 5.74) is 0.776. The van der Waals surface area contributed by atoms with Crippen LogP contribution in [0.5, 0.6) is 0 Å². The molecule has 23 heavy (non-hydrogen) atoms. The first-order chi connectivity index (χ1) is 11.0. The third-order valence-electron chi connectivity index (χ3n) is 2.69. The predicted octanol–water partition coefficient (Wildman–Crippen LogP) is 3.60. The molecule has 1 amide bonds. The van der Waals surface area contributed by atoms with Gasteiger partial charge in [-0.3, -0.25) is 14.9 Å². The monoisotopic (exact) mass is 370 g/mol. The van der Waals surface area contributed by atoms with E-state index >= 15 is 0 Å². The first-order valence-corrected chi connectivity index (χ1v) is 9.43. The molecule has 1 aromatic heterocycles. The predicted molar refractivity (Wildman–Crippen MR) is 93.5 cm³/mol. The Morgan fingerprint density at radius 3 is 2.70 bits per heavy atom. The Hall–Kier alpha value is -1.65. The molecule has 2 rings (SSSR count). The van der Waals surface area contributed by atoms with Crippen LogP contribution in [0.3, 0.4) is 0 Å². The van der Waals surface area contributed by atoms with Crippen molar-refractivity contribution in [2.75, 3.05) is 16.8 Å². The number of nitro groups is 1. The third kappa shape index (κ3) is 4.91. The summed E-state index contributed by atoms with van der Waals surface area (Å²) in [6.07, 6.45) is 0. The molecule has 0 aliphatic heterocycles. The summed E-state index contributed by atoms with van der Waals surface area (Å²) in [6.45, 7) is 3.75. The number of thioether (sulfide) groups is 2. The Balaban J connectivity index is 1.98. The fourth-order valence-corrected chi connectivity index (χ4v) is 4.42. The highest BCUT2D eigenvalue weighted by atomic mass is 32.2. The zero-order chi connectivity index (χ0) is 16.8. The molecule has 0 spiro atoms. The van der Waals surface area contributed by atoms with Crippen molar-refractivity contribution in [1.29, 1.82) is 0 Å². The number of nitro benzene ring substituents is 1. The second-order valence-corrected chi connectivity index (χ2v) is 8.04. The van der Waals surface area contributed by atoms with Gasteiger partial charge in [0.2, 0.25) is 5.91 Å². The van der Waals surface area contributed by atoms with Gasteiger partial charge in [0.05, 0.1) is 10.7 Å². The Morgan fingerprint density at radius 2 is 2.04 bits per heavy atom. The van der Waals surface area contributed by atoms with E-state index in [0.29, 0.717) is 9.90 Å². The van der Waals surface area contributed by atoms with Crippen LogP contribution in [0.2, 0.25) is 0 Å². The average Bonchev–Trinajstić information content (AvgIpc) is 2.95. The van der Waals surface area contributed by atoms with E-state index in [4.69, 9.17) is 0 Å². The number of anilines is 1. The van der Waals surface area contributed by atoms with E-state index < -0.39 is 4.92 Å². The van der Waals surface area contributed by atoms with Crippen molar-refractivity contribution in [2.45, 2.75) is 22.5 Å². The quantitative estimate of drug-likeness (QED) is 0.452. The van der Waals surface area contributed by atoms with E-state index in [1.54, 1.807) is 30.8 Å². The summed E-state index contributed by atoms with van der Waals surface area (Å²) in [7, 11) is 0. The SMILES string of the molecule is CCSc1nnc(SCC(=O)Nc2c(C)cccc2[N+](=O)[O-])s1. The van der Waals surface area contributed by atoms with Gasteiger partial charge in [0.25, 0.3) is 5.69 Å². The lowest BCUT2D eigenvalue weighted by Crippen LogP contribution is -2.16. The van der Waals surface area contributed by atoms with Crippen molar-refractivity contribution in [3.05, 3.63) is 33.9 Å². The van der Waals surface area contributed by atoms with Gasteiger partial charge in [-0.2, -0.15) is 0 Å². The number of para-hydroxylation sites is 1. The lowest BCUT2D eigenvalue weighted by Gasteiger charge is -2.08. The molecular weight excluding hydrogens is 356 g/mol. The number of aromatic nitrogens is 2. The van der Waals surface area contributed by atoms with Gasteiger partial charge in [-0.25, -0.2) is 0 Å². The van der Waals surface area contributed by atoms with Gasteiger partial charge in [0.1, 0.15) is 5.69 Å². The molecule has 0 unspecified atom stereocenters. The molecule has 0 aliphatic carbocycles. The summed E-state index contributed by atoms with van der Waals surface area (Å²) < 4.78 is 1.57. The van der Waals surface area contributed by atoms with E-state index in [1.807, 2.05) is 6.92 Å². The van der Waals surface area contributed by atoms with E-state index in [9.17, 15) is 14.9 Å². The minimum atomic E-state index is -0.505. The summed E-state index contributed by atoms with van der Waals surface area (Å²) in [5.74, 6) is 0.723. The normalized spacial score (nSPS) is 10.5. The minimum absolute atomic E-state index is 0.110. The molecule has 0 saturated carbocycles. The second-order valence-electron chi connectivity index (χ2n) is 4.33. The lowest BCUT2D eigenvalue weighted by molar-refractivity contribution is -0.384. The molecule has 0 bridgehead atoms. The average molecular weight is 370 g/mol. The number of benzene rings is 1. The number of nitrogens with zero attached hydrogens (tertiary/aromatic N) is 3. The maximum Gasteiger partial charge on any atom is 0.293 e. The Bertz CT molecular complexity index is 720. The first kappa shape index (κ1) is 17.7. The molecule has 1 N–H and O–H groups in total. The zero-order valence-electron chi connectivity index (χ0n) is 12.4. The maximum atomic E-state index is 12.0. The van der Waals surface area contributed by atoms with Crippen LogP contribution in [0.4, 0.5) is 11.4 Å². The van der Waals surface area contributed by atoms with Gasteiger partial charge in [0.15, 0.2) is 8.68 Å². The fraction of sp³-hybridized carbons (Fsp3) is 0.308. The van der Waals surface area contributed by atoms with Crippen LogP contribution < -0.4 is 5.32 Å². The highest BCUT2D eigenvalue weighted by Gasteiger charge is 2.18. The van der Waals surface area contributed by atoms with Crippen molar-refractivity contribution in [3.8, 4) is 0 Å². The largest absolute Gasteiger partial charge is 0.319 e. The van der Waals surface area contributed by atoms with Crippen molar-refractivity contribution in [1.82, 2.24) is 10.2 Å². The van der Waals surface area contributed by atoms with Crippen molar-refractivity contribution < 1.29 is 9.72 Å². The third-order valence-corrected chi connectivity index (χ3v) is 5.77. The van der Waals surface area contributed by atoms with Gasteiger partial charge in [-0.1, -0.05) is 53.9 Å². The molecule has 0 radical (unpaired) electrons. The van der Waals surface area contributed by atoms with E-state index in [0.717, 1.165) is 10.1 Å². The van der Waals surface area contributed by atoms with Crippen LogP contribution in [-0.2, 0) is 4.79 Å². The minimum Gasteiger partial charge on any atom is -0.319 e. The summed E-state index contributed by atoms with van der Waals surface area (Å²) >= 11 is 4.29. The molecule has 7 nitrogen and oxygen atoms in total. The molecular formula is C13H14N4O3S3. The molecule has 1 heterocycles. The Morgan fingerprint density at radius 1 is 1.35 bits per heavy atom. The van der Waals surface area contributed by atoms with Gasteiger partial charge in [-0.15, -0.1) is 10.2 Å². The maximum absolute atomic E-state index is 12.0. The number of hydrogen-bond acceptors (Lipinski definition) is 8. The zero-order valence-corrected chi connectivity index (χ0v) is 14.9. The molecule has 10 heteroatoms. The van der Waals surface area contributed by atoms with Crippen molar-refractivity contribution >= 4 is 52.1 Å². The van der Waals surface area contributed by atoms with Gasteiger partial charge < -0.3 is 5.32 Å². The van der Waals surface area contributed by atoms with Crippen molar-refractivity contribution in [2.24, 2.45) is 0 Å². The van der Waals surface area contributed by atoms with Gasteiger partial charge >= 0.3 is 0 Å². The standard InChI is InChI=1S/C13H14N4O3S3/c1-3-21-12-15-16-13(23-12)22-7-10(18)14-11-8(2)5-4-6-9(11)17(19)20/h4-6H,3,7H2,1-2H3,(H,14,18). The number of aryl methyl sites for hydroxylation is 1. The van der Waals surface area contributed by atoms with Crippen molar-refractivity contribution in [3.63, 3.8) is 0 Å². The van der Waals surface area contributed by atoms with Crippen LogP contribution in [0, 0.1) is 17.0 Å². The first-order valence-electron chi connectivity index (χ1n) is 6.64. The molecule has 0 atom stereocenters. The number of hydrogen-bond donors (Lipinski definition) is 1. The van der Waals surface area contributed by atoms with Crippen LogP contribution in [0.25, 0.3) is 0 Å². The van der Waals surface area contributed by atoms with Gasteiger partial charge in [-0.05, 0) is 18.2 Å². The molecule has 0 fully saturated rings. The van der Waals surface area contributed by atoms with Crippen LogP contribution in [-0.4, -0.2) is 32.5 Å². The molecule has 0 aliphatic rings. The topological polar surface area (TPSA) is 98.0 Å². The number of carbonyl (C=O) groups is 1. The van der Waals surface area contributed by atoms with Gasteiger partial charge in [0, 0.05) is 6.07 Å². The number of rotatable bonds is 7. The highest BCUT2D eigenvalue weighted by Crippen LogP contribution is 2.30. The molecule has 1 aromatic carbocycles. The van der Waals surface area contributed by atoms with E-state index in [-0.39, 0.29) is 23.0 Å². The number of amides is 1. The summed E-state index contributed by atoms with van der Waals surface area (Å²) in [4.78, 5) is 22.6. The van der Waals surface area contributed by atoms with E-state index in [2.05, 4.69) is 15.5 Å². The Kier molecular flexibility index (Phi) is 6.37. The lowest BCUT2D eigenvalue weighted by atomic mass is 10.1. The molecule has 2 aromatic rings. The highest BCUT2D eigenvalue weighted by molar-refractivity contribution is 8.03. The van der Waals surface area contributed by atoms with Crippen LogP contribution >= 0.6 is 34.9 Å². The van der Waals surface area contributed by atoms with Crippen LogP contribution in [0.1, 0.15) is 12.5 Å². The Labute approximate surface area is 145 Å². The molecule has 122 valence electrons.